The number of phenols is 2. The predicted octanol–water partition coefficient (Wildman–Crippen LogP) is 3.17. The third-order valence-corrected chi connectivity index (χ3v) is 3.30. The molecule has 20 heavy (non-hydrogen) atoms. The van der Waals surface area contributed by atoms with Gasteiger partial charge in [0, 0.05) is 29.7 Å². The minimum atomic E-state index is 0.121. The normalized spacial score (nSPS) is 10.8. The summed E-state index contributed by atoms with van der Waals surface area (Å²) in [5, 5.41) is 20.2. The van der Waals surface area contributed by atoms with Crippen LogP contribution in [0.3, 0.4) is 0 Å². The van der Waals surface area contributed by atoms with E-state index in [2.05, 4.69) is 0 Å². The van der Waals surface area contributed by atoms with Gasteiger partial charge < -0.3 is 19.5 Å². The molecule has 0 amide bonds. The monoisotopic (exact) mass is 269 g/mol. The van der Waals surface area contributed by atoms with Crippen molar-refractivity contribution in [2.75, 3.05) is 0 Å². The highest BCUT2D eigenvalue weighted by atomic mass is 16.5. The summed E-state index contributed by atoms with van der Waals surface area (Å²) in [7, 11) is 1.95. The van der Waals surface area contributed by atoms with Crippen LogP contribution >= 0.6 is 0 Å². The van der Waals surface area contributed by atoms with E-state index in [0.717, 1.165) is 16.5 Å². The van der Waals surface area contributed by atoms with Crippen LogP contribution in [0, 0.1) is 0 Å². The highest BCUT2D eigenvalue weighted by Crippen LogP contribution is 2.28. The zero-order valence-corrected chi connectivity index (χ0v) is 11.1. The Morgan fingerprint density at radius 1 is 1.10 bits per heavy atom. The van der Waals surface area contributed by atoms with Gasteiger partial charge in [-0.15, -0.1) is 0 Å². The smallest absolute Gasteiger partial charge is 0.161 e. The fourth-order valence-electron chi connectivity index (χ4n) is 2.31. The molecule has 0 aliphatic carbocycles. The van der Waals surface area contributed by atoms with Crippen molar-refractivity contribution < 1.29 is 14.9 Å². The minimum Gasteiger partial charge on any atom is -0.508 e. The Bertz CT molecular complexity index is 762. The molecule has 0 aliphatic heterocycles. The van der Waals surface area contributed by atoms with Gasteiger partial charge in [-0.05, 0) is 30.3 Å². The first-order valence-corrected chi connectivity index (χ1v) is 6.33. The average Bonchev–Trinajstić information content (AvgIpc) is 2.74. The lowest BCUT2D eigenvalue weighted by Gasteiger charge is -2.07. The molecular weight excluding hydrogens is 254 g/mol. The number of fused-ring (bicyclic) bond motifs is 1. The van der Waals surface area contributed by atoms with Crippen molar-refractivity contribution in [3.8, 4) is 17.2 Å². The van der Waals surface area contributed by atoms with E-state index in [-0.39, 0.29) is 11.5 Å². The molecule has 0 saturated carbocycles. The molecule has 2 aromatic carbocycles. The highest BCUT2D eigenvalue weighted by molar-refractivity contribution is 5.85. The Balaban J connectivity index is 1.92. The predicted molar refractivity (Wildman–Crippen MR) is 77.0 cm³/mol. The summed E-state index contributed by atoms with van der Waals surface area (Å²) in [6.45, 7) is 0.332. The number of nitrogens with zero attached hydrogens (tertiary/aromatic N) is 1. The number of aryl methyl sites for hydroxylation is 1. The second-order valence-electron chi connectivity index (χ2n) is 4.72. The molecule has 2 N–H and O–H groups in total. The molecule has 1 aromatic heterocycles. The third kappa shape index (κ3) is 2.16. The minimum absolute atomic E-state index is 0.121. The molecule has 3 aromatic rings. The molecule has 0 aliphatic rings. The van der Waals surface area contributed by atoms with E-state index >= 15 is 0 Å². The number of phenolic OH excluding ortho intramolecular Hbond substituents is 2. The van der Waals surface area contributed by atoms with E-state index in [0.29, 0.717) is 12.4 Å². The first-order chi connectivity index (χ1) is 9.65. The second kappa shape index (κ2) is 4.81. The molecule has 4 nitrogen and oxygen atoms in total. The fraction of sp³-hybridized carbons (Fsp3) is 0.125. The largest absolute Gasteiger partial charge is 0.508 e. The van der Waals surface area contributed by atoms with Crippen molar-refractivity contribution in [2.24, 2.45) is 7.05 Å². The lowest BCUT2D eigenvalue weighted by atomic mass is 10.2. The van der Waals surface area contributed by atoms with Crippen LogP contribution in [-0.4, -0.2) is 14.8 Å². The van der Waals surface area contributed by atoms with Crippen LogP contribution in [0.2, 0.25) is 0 Å². The lowest BCUT2D eigenvalue weighted by Crippen LogP contribution is -1.94. The molecule has 0 radical (unpaired) electrons. The summed E-state index contributed by atoms with van der Waals surface area (Å²) in [4.78, 5) is 0. The summed E-state index contributed by atoms with van der Waals surface area (Å²) in [6, 6.07) is 12.1. The number of hydrogen-bond acceptors (Lipinski definition) is 3. The molecule has 0 spiro atoms. The van der Waals surface area contributed by atoms with E-state index in [1.165, 1.54) is 0 Å². The van der Waals surface area contributed by atoms with Gasteiger partial charge in [0.05, 0.1) is 0 Å². The molecule has 0 bridgehead atoms. The molecule has 1 heterocycles. The first kappa shape index (κ1) is 12.4. The summed E-state index contributed by atoms with van der Waals surface area (Å²) in [5.41, 5.74) is 1.99. The number of aromatic nitrogens is 1. The van der Waals surface area contributed by atoms with Gasteiger partial charge in [-0.25, -0.2) is 0 Å². The van der Waals surface area contributed by atoms with Crippen LogP contribution in [-0.2, 0) is 13.7 Å². The standard InChI is InChI=1S/C16H15NO3/c1-17-9-11(13-8-12(18)6-7-14(13)17)10-20-16-5-3-2-4-15(16)19/h2-9,18-19H,10H2,1H3. The zero-order chi connectivity index (χ0) is 14.1. The Morgan fingerprint density at radius 2 is 1.90 bits per heavy atom. The average molecular weight is 269 g/mol. The van der Waals surface area contributed by atoms with Gasteiger partial charge in [0.25, 0.3) is 0 Å². The van der Waals surface area contributed by atoms with Crippen LogP contribution in [0.1, 0.15) is 5.56 Å². The van der Waals surface area contributed by atoms with Gasteiger partial charge in [0.2, 0.25) is 0 Å². The maximum Gasteiger partial charge on any atom is 0.161 e. The number of rotatable bonds is 3. The number of para-hydroxylation sites is 2. The van der Waals surface area contributed by atoms with Gasteiger partial charge in [-0.3, -0.25) is 0 Å². The van der Waals surface area contributed by atoms with Crippen LogP contribution < -0.4 is 4.74 Å². The van der Waals surface area contributed by atoms with Gasteiger partial charge in [0.15, 0.2) is 11.5 Å². The quantitative estimate of drug-likeness (QED) is 0.768. The van der Waals surface area contributed by atoms with E-state index in [1.54, 1.807) is 30.3 Å². The topological polar surface area (TPSA) is 54.6 Å². The SMILES string of the molecule is Cn1cc(COc2ccccc2O)c2cc(O)ccc21. The van der Waals surface area contributed by atoms with Gasteiger partial charge in [-0.1, -0.05) is 12.1 Å². The molecular formula is C16H15NO3. The molecule has 0 saturated heterocycles. The molecule has 0 atom stereocenters. The van der Waals surface area contributed by atoms with Crippen molar-refractivity contribution in [3.63, 3.8) is 0 Å². The van der Waals surface area contributed by atoms with Gasteiger partial charge in [0.1, 0.15) is 12.4 Å². The van der Waals surface area contributed by atoms with Crippen molar-refractivity contribution in [1.82, 2.24) is 4.57 Å². The molecule has 3 rings (SSSR count). The van der Waals surface area contributed by atoms with Crippen molar-refractivity contribution in [1.29, 1.82) is 0 Å². The van der Waals surface area contributed by atoms with E-state index in [4.69, 9.17) is 4.74 Å². The summed E-state index contributed by atoms with van der Waals surface area (Å²) in [5.74, 6) is 0.799. The van der Waals surface area contributed by atoms with Crippen LogP contribution in [0.25, 0.3) is 10.9 Å². The van der Waals surface area contributed by atoms with E-state index < -0.39 is 0 Å². The van der Waals surface area contributed by atoms with Gasteiger partial charge in [-0.2, -0.15) is 0 Å². The number of hydrogen-bond donors (Lipinski definition) is 2. The summed E-state index contributed by atoms with van der Waals surface area (Å²) >= 11 is 0. The van der Waals surface area contributed by atoms with Crippen LogP contribution in [0.5, 0.6) is 17.2 Å². The Hall–Kier alpha value is -2.62. The Morgan fingerprint density at radius 3 is 2.70 bits per heavy atom. The number of ether oxygens (including phenoxy) is 1. The Labute approximate surface area is 116 Å². The second-order valence-corrected chi connectivity index (χ2v) is 4.72. The highest BCUT2D eigenvalue weighted by Gasteiger charge is 2.09. The fourth-order valence-corrected chi connectivity index (χ4v) is 2.31. The Kier molecular flexibility index (Phi) is 2.99. The maximum atomic E-state index is 9.68. The van der Waals surface area contributed by atoms with Crippen molar-refractivity contribution in [2.45, 2.75) is 6.61 Å². The lowest BCUT2D eigenvalue weighted by molar-refractivity contribution is 0.290. The first-order valence-electron chi connectivity index (χ1n) is 6.33. The zero-order valence-electron chi connectivity index (χ0n) is 11.1. The van der Waals surface area contributed by atoms with Crippen molar-refractivity contribution >= 4 is 10.9 Å². The molecule has 0 unspecified atom stereocenters. The van der Waals surface area contributed by atoms with Crippen LogP contribution in [0.15, 0.2) is 48.7 Å². The van der Waals surface area contributed by atoms with E-state index in [9.17, 15) is 10.2 Å². The molecule has 102 valence electrons. The third-order valence-electron chi connectivity index (χ3n) is 3.30. The van der Waals surface area contributed by atoms with Gasteiger partial charge >= 0.3 is 0 Å². The number of aromatic hydroxyl groups is 2. The van der Waals surface area contributed by atoms with Crippen LogP contribution in [0.4, 0.5) is 0 Å². The van der Waals surface area contributed by atoms with E-state index in [1.807, 2.05) is 29.9 Å². The number of benzene rings is 2. The maximum absolute atomic E-state index is 9.68. The summed E-state index contributed by atoms with van der Waals surface area (Å²) in [6.07, 6.45) is 1.96. The summed E-state index contributed by atoms with van der Waals surface area (Å²) < 4.78 is 7.62. The molecule has 4 heteroatoms. The molecule has 0 fully saturated rings. The van der Waals surface area contributed by atoms with Crippen molar-refractivity contribution in [3.05, 3.63) is 54.2 Å².